The van der Waals surface area contributed by atoms with E-state index in [0.717, 1.165) is 17.4 Å². The number of hydrogen-bond acceptors (Lipinski definition) is 9. The number of ether oxygens (including phenoxy) is 2. The van der Waals surface area contributed by atoms with Crippen LogP contribution < -0.4 is 15.7 Å². The number of phenolic OH excluding ortho intramolecular Hbond substituents is 1. The highest BCUT2D eigenvalue weighted by Crippen LogP contribution is 2.28. The molecular formula is C15H15N3O5S. The van der Waals surface area contributed by atoms with E-state index < -0.39 is 11.5 Å². The largest absolute Gasteiger partial charge is 0.504 e. The summed E-state index contributed by atoms with van der Waals surface area (Å²) in [7, 11) is 1.22. The minimum absolute atomic E-state index is 0.0469. The number of hydrazone groups is 1. The molecule has 24 heavy (non-hydrogen) atoms. The highest BCUT2D eigenvalue weighted by molar-refractivity contribution is 7.17. The van der Waals surface area contributed by atoms with Crippen molar-refractivity contribution < 1.29 is 19.4 Å². The van der Waals surface area contributed by atoms with Crippen LogP contribution in [0.5, 0.6) is 11.5 Å². The van der Waals surface area contributed by atoms with Gasteiger partial charge >= 0.3 is 5.97 Å². The summed E-state index contributed by atoms with van der Waals surface area (Å²) < 4.78 is 9.84. The van der Waals surface area contributed by atoms with Gasteiger partial charge in [-0.25, -0.2) is 4.79 Å². The molecule has 0 spiro atoms. The van der Waals surface area contributed by atoms with Gasteiger partial charge in [0.1, 0.15) is 4.88 Å². The standard InChI is InChI=1S/C15H15N3O5S/c1-3-23-10-6-4-5-9(13(10)20)8-16-18-15-17-12(19)7-11(24-15)14(21)22-2/h4-8,20H,3H2,1-2H3,(H,17,18,19)/b16-8-. The first kappa shape index (κ1) is 17.4. The molecule has 0 unspecified atom stereocenters. The molecule has 0 aliphatic carbocycles. The quantitative estimate of drug-likeness (QED) is 0.465. The molecule has 9 heteroatoms. The summed E-state index contributed by atoms with van der Waals surface area (Å²) in [6, 6.07) is 6.07. The number of carbonyl (C=O) groups excluding carboxylic acids is 1. The van der Waals surface area contributed by atoms with Crippen molar-refractivity contribution >= 4 is 28.7 Å². The predicted molar refractivity (Wildman–Crippen MR) is 90.2 cm³/mol. The van der Waals surface area contributed by atoms with Crippen molar-refractivity contribution in [3.8, 4) is 11.5 Å². The van der Waals surface area contributed by atoms with Crippen LogP contribution in [0.1, 0.15) is 22.2 Å². The zero-order chi connectivity index (χ0) is 17.5. The second-order valence-corrected chi connectivity index (χ2v) is 5.39. The van der Waals surface area contributed by atoms with E-state index in [1.165, 1.54) is 13.3 Å². The van der Waals surface area contributed by atoms with Crippen molar-refractivity contribution in [2.24, 2.45) is 5.10 Å². The van der Waals surface area contributed by atoms with Gasteiger partial charge in [0, 0.05) is 11.6 Å². The summed E-state index contributed by atoms with van der Waals surface area (Å²) in [5.41, 5.74) is 2.38. The summed E-state index contributed by atoms with van der Waals surface area (Å²) >= 11 is 0.922. The molecule has 0 aliphatic heterocycles. The summed E-state index contributed by atoms with van der Waals surface area (Å²) in [5.74, 6) is -0.333. The smallest absolute Gasteiger partial charge is 0.348 e. The van der Waals surface area contributed by atoms with Crippen molar-refractivity contribution in [3.63, 3.8) is 0 Å². The zero-order valence-electron chi connectivity index (χ0n) is 13.0. The number of anilines is 1. The van der Waals surface area contributed by atoms with Crippen LogP contribution in [-0.2, 0) is 4.74 Å². The molecule has 2 aromatic rings. The number of benzene rings is 1. The van der Waals surface area contributed by atoms with E-state index in [4.69, 9.17) is 4.74 Å². The lowest BCUT2D eigenvalue weighted by Gasteiger charge is -2.07. The number of carbonyl (C=O) groups is 1. The van der Waals surface area contributed by atoms with Crippen LogP contribution in [0.15, 0.2) is 34.2 Å². The summed E-state index contributed by atoms with van der Waals surface area (Å²) in [6.45, 7) is 2.23. The van der Waals surface area contributed by atoms with Gasteiger partial charge in [0.2, 0.25) is 5.13 Å². The van der Waals surface area contributed by atoms with Crippen molar-refractivity contribution in [3.05, 3.63) is 45.1 Å². The molecule has 0 saturated heterocycles. The van der Waals surface area contributed by atoms with E-state index in [9.17, 15) is 14.7 Å². The summed E-state index contributed by atoms with van der Waals surface area (Å²) in [4.78, 5) is 26.7. The fraction of sp³-hybridized carbons (Fsp3) is 0.200. The Morgan fingerprint density at radius 1 is 1.50 bits per heavy atom. The van der Waals surface area contributed by atoms with Gasteiger partial charge < -0.3 is 14.6 Å². The van der Waals surface area contributed by atoms with Crippen molar-refractivity contribution in [2.45, 2.75) is 6.92 Å². The maximum absolute atomic E-state index is 11.5. The van der Waals surface area contributed by atoms with Gasteiger partial charge in [0.25, 0.3) is 5.56 Å². The van der Waals surface area contributed by atoms with E-state index in [0.29, 0.717) is 17.9 Å². The van der Waals surface area contributed by atoms with Crippen LogP contribution in [-0.4, -0.2) is 36.0 Å². The molecule has 2 rings (SSSR count). The number of rotatable bonds is 6. The van der Waals surface area contributed by atoms with Crippen LogP contribution in [0.3, 0.4) is 0 Å². The first-order valence-corrected chi connectivity index (χ1v) is 7.71. The summed E-state index contributed by atoms with van der Waals surface area (Å²) in [5, 5.41) is 14.1. The molecule has 0 fully saturated rings. The predicted octanol–water partition coefficient (Wildman–Crippen LogP) is 1.84. The maximum Gasteiger partial charge on any atom is 0.348 e. The van der Waals surface area contributed by atoms with Gasteiger partial charge in [-0.15, -0.1) is 0 Å². The average molecular weight is 349 g/mol. The number of nitrogens with zero attached hydrogens (tertiary/aromatic N) is 2. The Morgan fingerprint density at radius 3 is 3.00 bits per heavy atom. The third kappa shape index (κ3) is 4.29. The molecule has 0 radical (unpaired) electrons. The van der Waals surface area contributed by atoms with E-state index in [2.05, 4.69) is 20.2 Å². The Labute approximate surface area is 141 Å². The normalized spacial score (nSPS) is 10.6. The first-order chi connectivity index (χ1) is 11.5. The van der Waals surface area contributed by atoms with Crippen LogP contribution in [0, 0.1) is 0 Å². The number of esters is 1. The molecule has 0 bridgehead atoms. The number of methoxy groups -OCH3 is 1. The molecule has 1 aromatic carbocycles. The lowest BCUT2D eigenvalue weighted by atomic mass is 10.2. The third-order valence-corrected chi connectivity index (χ3v) is 3.63. The molecule has 0 atom stereocenters. The number of phenols is 1. The lowest BCUT2D eigenvalue weighted by molar-refractivity contribution is 0.0606. The van der Waals surface area contributed by atoms with E-state index >= 15 is 0 Å². The fourth-order valence-electron chi connectivity index (χ4n) is 1.72. The third-order valence-electron chi connectivity index (χ3n) is 2.75. The zero-order valence-corrected chi connectivity index (χ0v) is 13.8. The summed E-state index contributed by atoms with van der Waals surface area (Å²) in [6.07, 6.45) is 1.35. The Hall–Kier alpha value is -2.94. The number of para-hydroxylation sites is 1. The van der Waals surface area contributed by atoms with E-state index in [-0.39, 0.29) is 15.8 Å². The molecule has 0 saturated carbocycles. The SMILES string of the molecule is CCOc1cccc(/C=N\Nc2nc(=O)cc(C(=O)OC)s2)c1O. The topological polar surface area (TPSA) is 110 Å². The molecule has 8 nitrogen and oxygen atoms in total. The van der Waals surface area contributed by atoms with Gasteiger partial charge in [-0.05, 0) is 19.1 Å². The Morgan fingerprint density at radius 2 is 2.29 bits per heavy atom. The Kier molecular flexibility index (Phi) is 5.85. The highest BCUT2D eigenvalue weighted by Gasteiger charge is 2.10. The van der Waals surface area contributed by atoms with Crippen LogP contribution in [0.4, 0.5) is 5.13 Å². The van der Waals surface area contributed by atoms with Gasteiger partial charge in [-0.3, -0.25) is 10.2 Å². The second kappa shape index (κ2) is 8.06. The number of aromatic nitrogens is 1. The van der Waals surface area contributed by atoms with E-state index in [1.54, 1.807) is 18.2 Å². The number of hydrogen-bond donors (Lipinski definition) is 2. The molecule has 1 aromatic heterocycles. The average Bonchev–Trinajstić information content (AvgIpc) is 2.57. The van der Waals surface area contributed by atoms with Gasteiger partial charge in [0.05, 0.1) is 19.9 Å². The van der Waals surface area contributed by atoms with Crippen LogP contribution in [0.25, 0.3) is 0 Å². The molecular weight excluding hydrogens is 334 g/mol. The van der Waals surface area contributed by atoms with Crippen molar-refractivity contribution in [2.75, 3.05) is 19.1 Å². The molecule has 2 N–H and O–H groups in total. The highest BCUT2D eigenvalue weighted by atomic mass is 32.1. The minimum atomic E-state index is -0.631. The first-order valence-electron chi connectivity index (χ1n) is 6.89. The van der Waals surface area contributed by atoms with Crippen LogP contribution >= 0.6 is 11.3 Å². The van der Waals surface area contributed by atoms with E-state index in [1.807, 2.05) is 6.92 Å². The minimum Gasteiger partial charge on any atom is -0.504 e. The monoisotopic (exact) mass is 349 g/mol. The number of aromatic hydroxyl groups is 1. The maximum atomic E-state index is 11.5. The number of nitrogens with one attached hydrogen (secondary N) is 1. The van der Waals surface area contributed by atoms with Gasteiger partial charge in [-0.1, -0.05) is 17.4 Å². The lowest BCUT2D eigenvalue weighted by Crippen LogP contribution is -2.10. The Bertz CT molecular complexity index is 819. The molecule has 1 heterocycles. The second-order valence-electron chi connectivity index (χ2n) is 4.35. The van der Waals surface area contributed by atoms with Crippen LogP contribution in [0.2, 0.25) is 0 Å². The van der Waals surface area contributed by atoms with Crippen molar-refractivity contribution in [1.82, 2.24) is 4.98 Å². The van der Waals surface area contributed by atoms with Gasteiger partial charge in [-0.2, -0.15) is 10.1 Å². The molecule has 0 amide bonds. The van der Waals surface area contributed by atoms with Gasteiger partial charge in [0.15, 0.2) is 11.5 Å². The molecule has 0 aliphatic rings. The Balaban J connectivity index is 2.18. The van der Waals surface area contributed by atoms with Crippen molar-refractivity contribution in [1.29, 1.82) is 0 Å². The fourth-order valence-corrected chi connectivity index (χ4v) is 2.49. The molecule has 126 valence electrons.